The van der Waals surface area contributed by atoms with Crippen LogP contribution in [0.25, 0.3) is 11.1 Å². The van der Waals surface area contributed by atoms with Crippen LogP contribution in [0.2, 0.25) is 0 Å². The van der Waals surface area contributed by atoms with Gasteiger partial charge in [-0.05, 0) is 55.4 Å². The second-order valence-electron chi connectivity index (χ2n) is 9.43. The van der Waals surface area contributed by atoms with Crippen LogP contribution in [-0.2, 0) is 0 Å². The van der Waals surface area contributed by atoms with Gasteiger partial charge in [-0.15, -0.1) is 0 Å². The summed E-state index contributed by atoms with van der Waals surface area (Å²) in [6, 6.07) is 15.4. The summed E-state index contributed by atoms with van der Waals surface area (Å²) in [6.07, 6.45) is 6.89. The van der Waals surface area contributed by atoms with Crippen molar-refractivity contribution in [1.82, 2.24) is 5.32 Å². The number of nitrogens with zero attached hydrogens (tertiary/aromatic N) is 2. The first-order chi connectivity index (χ1) is 16.3. The van der Waals surface area contributed by atoms with E-state index in [0.29, 0.717) is 36.8 Å². The molecule has 5 rings (SSSR count). The summed E-state index contributed by atoms with van der Waals surface area (Å²) in [7, 11) is 0. The SMILES string of the molecule is N#Cc1c(-c2ccc3c(c2)OCCO3)cccc1N1CCC(NC2CCCCC2CO)CC1. The molecule has 2 fully saturated rings. The first-order valence-electron chi connectivity index (χ1n) is 12.3. The highest BCUT2D eigenvalue weighted by Crippen LogP contribution is 2.38. The maximum absolute atomic E-state index is 10.1. The first kappa shape index (κ1) is 22.1. The van der Waals surface area contributed by atoms with Gasteiger partial charge in [-0.2, -0.15) is 5.26 Å². The highest BCUT2D eigenvalue weighted by Gasteiger charge is 2.29. The fourth-order valence-corrected chi connectivity index (χ4v) is 5.61. The molecule has 6 heteroatoms. The van der Waals surface area contributed by atoms with Gasteiger partial charge in [-0.1, -0.05) is 31.0 Å². The average Bonchev–Trinajstić information content (AvgIpc) is 2.88. The van der Waals surface area contributed by atoms with Crippen molar-refractivity contribution in [1.29, 1.82) is 5.26 Å². The molecule has 2 aromatic rings. The molecule has 6 nitrogen and oxygen atoms in total. The number of aliphatic hydroxyl groups is 1. The number of ether oxygens (including phenoxy) is 2. The number of aliphatic hydroxyl groups excluding tert-OH is 1. The van der Waals surface area contributed by atoms with E-state index in [0.717, 1.165) is 60.7 Å². The van der Waals surface area contributed by atoms with Crippen LogP contribution < -0.4 is 19.7 Å². The number of anilines is 1. The van der Waals surface area contributed by atoms with Crippen LogP contribution >= 0.6 is 0 Å². The van der Waals surface area contributed by atoms with Crippen LogP contribution in [0.1, 0.15) is 44.1 Å². The maximum Gasteiger partial charge on any atom is 0.161 e. The minimum atomic E-state index is 0.286. The number of fused-ring (bicyclic) bond motifs is 1. The Kier molecular flexibility index (Phi) is 6.70. The molecule has 0 radical (unpaired) electrons. The Morgan fingerprint density at radius 3 is 2.58 bits per heavy atom. The van der Waals surface area contributed by atoms with Crippen molar-refractivity contribution in [3.8, 4) is 28.7 Å². The summed E-state index contributed by atoms with van der Waals surface area (Å²) >= 11 is 0. The van der Waals surface area contributed by atoms with Crippen molar-refractivity contribution in [2.45, 2.75) is 50.6 Å². The second kappa shape index (κ2) is 10.0. The molecule has 2 unspecified atom stereocenters. The average molecular weight is 448 g/mol. The van der Waals surface area contributed by atoms with E-state index in [1.54, 1.807) is 0 Å². The van der Waals surface area contributed by atoms with Gasteiger partial charge in [-0.3, -0.25) is 0 Å². The molecule has 0 bridgehead atoms. The monoisotopic (exact) mass is 447 g/mol. The normalized spacial score (nSPS) is 23.2. The first-order valence-corrected chi connectivity index (χ1v) is 12.3. The summed E-state index contributed by atoms with van der Waals surface area (Å²) in [4.78, 5) is 2.35. The van der Waals surface area contributed by atoms with Crippen molar-refractivity contribution in [2.24, 2.45) is 5.92 Å². The number of nitrogens with one attached hydrogen (secondary N) is 1. The molecular weight excluding hydrogens is 414 g/mol. The molecule has 1 saturated heterocycles. The number of hydrogen-bond acceptors (Lipinski definition) is 6. The standard InChI is InChI=1S/C27H33N3O3/c28-17-23-22(19-8-9-26-27(16-19)33-15-14-32-26)5-3-7-25(23)30-12-10-21(11-13-30)29-24-6-2-1-4-20(24)18-31/h3,5,7-9,16,20-21,24,29,31H,1-2,4,6,10-15,18H2. The van der Waals surface area contributed by atoms with Crippen LogP contribution in [0.3, 0.4) is 0 Å². The van der Waals surface area contributed by atoms with Crippen molar-refractivity contribution in [2.75, 3.05) is 37.8 Å². The maximum atomic E-state index is 10.1. The van der Waals surface area contributed by atoms with E-state index in [4.69, 9.17) is 9.47 Å². The van der Waals surface area contributed by atoms with Gasteiger partial charge in [-0.25, -0.2) is 0 Å². The van der Waals surface area contributed by atoms with Gasteiger partial charge in [0.15, 0.2) is 11.5 Å². The van der Waals surface area contributed by atoms with Crippen molar-refractivity contribution in [3.63, 3.8) is 0 Å². The molecular formula is C27H33N3O3. The van der Waals surface area contributed by atoms with Gasteiger partial charge in [0.1, 0.15) is 19.3 Å². The molecule has 174 valence electrons. The largest absolute Gasteiger partial charge is 0.486 e. The highest BCUT2D eigenvalue weighted by molar-refractivity contribution is 5.79. The lowest BCUT2D eigenvalue weighted by molar-refractivity contribution is 0.142. The van der Waals surface area contributed by atoms with E-state index >= 15 is 0 Å². The molecule has 0 spiro atoms. The lowest BCUT2D eigenvalue weighted by Crippen LogP contribution is -2.50. The highest BCUT2D eigenvalue weighted by atomic mass is 16.6. The Bertz CT molecular complexity index is 1010. The molecule has 2 N–H and O–H groups in total. The zero-order valence-electron chi connectivity index (χ0n) is 19.1. The summed E-state index contributed by atoms with van der Waals surface area (Å²) < 4.78 is 11.4. The fraction of sp³-hybridized carbons (Fsp3) is 0.519. The van der Waals surface area contributed by atoms with E-state index < -0.39 is 0 Å². The number of nitriles is 1. The third-order valence-corrected chi connectivity index (χ3v) is 7.44. The molecule has 1 saturated carbocycles. The van der Waals surface area contributed by atoms with E-state index in [2.05, 4.69) is 22.4 Å². The van der Waals surface area contributed by atoms with Gasteiger partial charge in [0, 0.05) is 37.3 Å². The molecule has 1 aliphatic carbocycles. The zero-order valence-corrected chi connectivity index (χ0v) is 19.1. The number of rotatable bonds is 5. The Labute approximate surface area is 196 Å². The van der Waals surface area contributed by atoms with Crippen molar-refractivity contribution < 1.29 is 14.6 Å². The van der Waals surface area contributed by atoms with Crippen LogP contribution in [0.5, 0.6) is 11.5 Å². The number of benzene rings is 2. The quantitative estimate of drug-likeness (QED) is 0.718. The molecule has 0 aromatic heterocycles. The lowest BCUT2D eigenvalue weighted by Gasteiger charge is -2.39. The number of hydrogen-bond donors (Lipinski definition) is 2. The predicted molar refractivity (Wildman–Crippen MR) is 129 cm³/mol. The number of piperidine rings is 1. The lowest BCUT2D eigenvalue weighted by atomic mass is 9.84. The zero-order chi connectivity index (χ0) is 22.6. The van der Waals surface area contributed by atoms with Crippen LogP contribution in [0.4, 0.5) is 5.69 Å². The fourth-order valence-electron chi connectivity index (χ4n) is 5.61. The van der Waals surface area contributed by atoms with Crippen molar-refractivity contribution >= 4 is 5.69 Å². The Morgan fingerprint density at radius 2 is 1.79 bits per heavy atom. The second-order valence-corrected chi connectivity index (χ2v) is 9.43. The summed E-state index contributed by atoms with van der Waals surface area (Å²) in [5.74, 6) is 1.89. The van der Waals surface area contributed by atoms with E-state index in [1.165, 1.54) is 19.3 Å². The molecule has 2 aromatic carbocycles. The third kappa shape index (κ3) is 4.66. The van der Waals surface area contributed by atoms with Gasteiger partial charge < -0.3 is 24.8 Å². The van der Waals surface area contributed by atoms with Gasteiger partial charge in [0.05, 0.1) is 11.3 Å². The Hall–Kier alpha value is -2.75. The summed E-state index contributed by atoms with van der Waals surface area (Å²) in [5.41, 5.74) is 3.63. The smallest absolute Gasteiger partial charge is 0.161 e. The molecule has 33 heavy (non-hydrogen) atoms. The minimum Gasteiger partial charge on any atom is -0.486 e. The molecule has 3 aliphatic rings. The Balaban J connectivity index is 1.30. The van der Waals surface area contributed by atoms with Gasteiger partial charge >= 0.3 is 0 Å². The molecule has 0 amide bonds. The molecule has 2 atom stereocenters. The van der Waals surface area contributed by atoms with Crippen LogP contribution in [-0.4, -0.2) is 50.1 Å². The molecule has 2 heterocycles. The van der Waals surface area contributed by atoms with Gasteiger partial charge in [0.25, 0.3) is 0 Å². The van der Waals surface area contributed by atoms with E-state index in [1.807, 2.05) is 30.3 Å². The van der Waals surface area contributed by atoms with Crippen LogP contribution in [0.15, 0.2) is 36.4 Å². The van der Waals surface area contributed by atoms with Gasteiger partial charge in [0.2, 0.25) is 0 Å². The molecule has 2 aliphatic heterocycles. The van der Waals surface area contributed by atoms with E-state index in [9.17, 15) is 10.4 Å². The van der Waals surface area contributed by atoms with E-state index in [-0.39, 0.29) is 6.61 Å². The topological polar surface area (TPSA) is 77.8 Å². The summed E-state index contributed by atoms with van der Waals surface area (Å²) in [6.45, 7) is 3.25. The minimum absolute atomic E-state index is 0.286. The Morgan fingerprint density at radius 1 is 1.00 bits per heavy atom. The third-order valence-electron chi connectivity index (χ3n) is 7.44. The summed E-state index contributed by atoms with van der Waals surface area (Å²) in [5, 5.41) is 23.7. The van der Waals surface area contributed by atoms with Crippen LogP contribution in [0, 0.1) is 17.2 Å². The predicted octanol–water partition coefficient (Wildman–Crippen LogP) is 4.11. The van der Waals surface area contributed by atoms with Crippen molar-refractivity contribution in [3.05, 3.63) is 42.0 Å².